The van der Waals surface area contributed by atoms with Gasteiger partial charge in [0.15, 0.2) is 5.11 Å². The molecule has 1 fully saturated rings. The molecule has 3 rings (SSSR count). The van der Waals surface area contributed by atoms with Gasteiger partial charge in [0.25, 0.3) is 0 Å². The second-order valence-electron chi connectivity index (χ2n) is 6.37. The highest BCUT2D eigenvalue weighted by atomic mass is 32.1. The minimum Gasteiger partial charge on any atom is -0.497 e. The molecule has 0 saturated carbocycles. The largest absolute Gasteiger partial charge is 0.497 e. The summed E-state index contributed by atoms with van der Waals surface area (Å²) in [4.78, 5) is 2.48. The zero-order valence-corrected chi connectivity index (χ0v) is 15.7. The Balaban J connectivity index is 1.63. The van der Waals surface area contributed by atoms with E-state index >= 15 is 0 Å². The number of likely N-dealkylation sites (tertiary alicyclic amines) is 1. The Kier molecular flexibility index (Phi) is 6.41. The van der Waals surface area contributed by atoms with Gasteiger partial charge in [-0.25, -0.2) is 4.39 Å². The number of nitrogens with zero attached hydrogens (tertiary/aromatic N) is 1. The zero-order chi connectivity index (χ0) is 18.4. The molecule has 0 aromatic heterocycles. The molecular weight excluding hydrogens is 349 g/mol. The number of rotatable bonds is 6. The van der Waals surface area contributed by atoms with Crippen molar-refractivity contribution in [3.63, 3.8) is 0 Å². The number of methoxy groups -OCH3 is 1. The van der Waals surface area contributed by atoms with E-state index in [4.69, 9.17) is 17.0 Å². The summed E-state index contributed by atoms with van der Waals surface area (Å²) in [5.74, 6) is 0.596. The number of nitrogens with one attached hydrogen (secondary N) is 2. The van der Waals surface area contributed by atoms with Crippen LogP contribution in [0.1, 0.15) is 24.4 Å². The number of benzene rings is 2. The molecule has 2 N–H and O–H groups in total. The van der Waals surface area contributed by atoms with E-state index in [-0.39, 0.29) is 11.9 Å². The Bertz CT molecular complexity index is 715. The predicted molar refractivity (Wildman–Crippen MR) is 107 cm³/mol. The van der Waals surface area contributed by atoms with Crippen LogP contribution in [-0.2, 0) is 0 Å². The van der Waals surface area contributed by atoms with Gasteiger partial charge < -0.3 is 15.4 Å². The van der Waals surface area contributed by atoms with Crippen molar-refractivity contribution in [3.05, 3.63) is 59.9 Å². The van der Waals surface area contributed by atoms with Crippen LogP contribution >= 0.6 is 12.2 Å². The summed E-state index contributed by atoms with van der Waals surface area (Å²) in [7, 11) is 1.67. The molecule has 6 heteroatoms. The Morgan fingerprint density at radius 1 is 1.12 bits per heavy atom. The molecule has 2 aromatic carbocycles. The minimum absolute atomic E-state index is 0.247. The van der Waals surface area contributed by atoms with Crippen molar-refractivity contribution in [1.82, 2.24) is 10.2 Å². The number of halogens is 1. The molecular formula is C20H24FN3OS. The molecule has 138 valence electrons. The smallest absolute Gasteiger partial charge is 0.170 e. The van der Waals surface area contributed by atoms with E-state index in [0.29, 0.717) is 11.7 Å². The van der Waals surface area contributed by atoms with Crippen LogP contribution in [-0.4, -0.2) is 36.8 Å². The van der Waals surface area contributed by atoms with Crippen molar-refractivity contribution >= 4 is 23.0 Å². The Morgan fingerprint density at radius 2 is 1.77 bits per heavy atom. The summed E-state index contributed by atoms with van der Waals surface area (Å²) in [5.41, 5.74) is 2.01. The average molecular weight is 373 g/mol. The summed E-state index contributed by atoms with van der Waals surface area (Å²) < 4.78 is 18.3. The Labute approximate surface area is 159 Å². The van der Waals surface area contributed by atoms with Crippen LogP contribution in [0.15, 0.2) is 48.5 Å². The van der Waals surface area contributed by atoms with Crippen LogP contribution < -0.4 is 15.4 Å². The highest BCUT2D eigenvalue weighted by Crippen LogP contribution is 2.26. The summed E-state index contributed by atoms with van der Waals surface area (Å²) >= 11 is 5.40. The number of hydrogen-bond donors (Lipinski definition) is 2. The molecule has 1 atom stereocenters. The van der Waals surface area contributed by atoms with Gasteiger partial charge in [-0.05, 0) is 80.1 Å². The second kappa shape index (κ2) is 8.96. The van der Waals surface area contributed by atoms with Gasteiger partial charge in [-0.2, -0.15) is 0 Å². The van der Waals surface area contributed by atoms with Gasteiger partial charge in [0.1, 0.15) is 11.6 Å². The average Bonchev–Trinajstić information content (AvgIpc) is 3.19. The van der Waals surface area contributed by atoms with Crippen LogP contribution in [0.25, 0.3) is 0 Å². The number of anilines is 1. The van der Waals surface area contributed by atoms with E-state index in [1.165, 1.54) is 30.5 Å². The van der Waals surface area contributed by atoms with Crippen molar-refractivity contribution in [3.8, 4) is 5.75 Å². The van der Waals surface area contributed by atoms with Gasteiger partial charge in [0.05, 0.1) is 13.2 Å². The third-order valence-corrected chi connectivity index (χ3v) is 4.89. The monoisotopic (exact) mass is 373 g/mol. The summed E-state index contributed by atoms with van der Waals surface area (Å²) in [5, 5.41) is 6.94. The highest BCUT2D eigenvalue weighted by Gasteiger charge is 2.23. The lowest BCUT2D eigenvalue weighted by atomic mass is 10.1. The Morgan fingerprint density at radius 3 is 2.38 bits per heavy atom. The molecule has 0 aliphatic carbocycles. The van der Waals surface area contributed by atoms with Crippen LogP contribution in [0, 0.1) is 5.82 Å². The molecule has 1 unspecified atom stereocenters. The lowest BCUT2D eigenvalue weighted by Crippen LogP contribution is -2.38. The van der Waals surface area contributed by atoms with Gasteiger partial charge >= 0.3 is 0 Å². The van der Waals surface area contributed by atoms with Crippen molar-refractivity contribution in [2.75, 3.05) is 32.1 Å². The third kappa shape index (κ3) is 4.93. The van der Waals surface area contributed by atoms with Gasteiger partial charge in [0.2, 0.25) is 0 Å². The first-order valence-electron chi connectivity index (χ1n) is 8.84. The first-order valence-corrected chi connectivity index (χ1v) is 9.25. The van der Waals surface area contributed by atoms with E-state index in [1.54, 1.807) is 19.2 Å². The van der Waals surface area contributed by atoms with Crippen molar-refractivity contribution in [1.29, 1.82) is 0 Å². The summed E-state index contributed by atoms with van der Waals surface area (Å²) in [6.45, 7) is 2.90. The standard InChI is InChI=1S/C20H24FN3OS/c1-25-18-10-4-15(5-11-18)19(24-12-2-3-13-24)14-22-20(26)23-17-8-6-16(21)7-9-17/h4-11,19H,2-3,12-14H2,1H3,(H2,22,23,26). The van der Waals surface area contributed by atoms with Gasteiger partial charge in [0, 0.05) is 12.2 Å². The lowest BCUT2D eigenvalue weighted by molar-refractivity contribution is 0.246. The second-order valence-corrected chi connectivity index (χ2v) is 6.78. The molecule has 0 amide bonds. The van der Waals surface area contributed by atoms with Crippen molar-refractivity contribution in [2.45, 2.75) is 18.9 Å². The fraction of sp³-hybridized carbons (Fsp3) is 0.350. The molecule has 4 nitrogen and oxygen atoms in total. The van der Waals surface area contributed by atoms with Crippen LogP contribution in [0.3, 0.4) is 0 Å². The molecule has 1 aliphatic heterocycles. The molecule has 0 bridgehead atoms. The molecule has 2 aromatic rings. The fourth-order valence-corrected chi connectivity index (χ4v) is 3.44. The first-order chi connectivity index (χ1) is 12.7. The first kappa shape index (κ1) is 18.6. The molecule has 26 heavy (non-hydrogen) atoms. The summed E-state index contributed by atoms with van der Waals surface area (Å²) in [6, 6.07) is 14.6. The topological polar surface area (TPSA) is 36.5 Å². The normalized spacial score (nSPS) is 15.5. The van der Waals surface area contributed by atoms with Gasteiger partial charge in [-0.1, -0.05) is 12.1 Å². The van der Waals surface area contributed by atoms with Crippen LogP contribution in [0.4, 0.5) is 10.1 Å². The SMILES string of the molecule is COc1ccc(C(CNC(=S)Nc2ccc(F)cc2)N2CCCC2)cc1. The summed E-state index contributed by atoms with van der Waals surface area (Å²) in [6.07, 6.45) is 2.45. The van der Waals surface area contributed by atoms with Gasteiger partial charge in [-0.15, -0.1) is 0 Å². The number of ether oxygens (including phenoxy) is 1. The molecule has 0 radical (unpaired) electrons. The van der Waals surface area contributed by atoms with E-state index in [0.717, 1.165) is 24.5 Å². The number of hydrogen-bond acceptors (Lipinski definition) is 3. The van der Waals surface area contributed by atoms with Gasteiger partial charge in [-0.3, -0.25) is 4.90 Å². The highest BCUT2D eigenvalue weighted by molar-refractivity contribution is 7.80. The minimum atomic E-state index is -0.261. The maximum atomic E-state index is 13.0. The third-order valence-electron chi connectivity index (χ3n) is 4.64. The molecule has 1 aliphatic rings. The lowest BCUT2D eigenvalue weighted by Gasteiger charge is -2.29. The molecule has 0 spiro atoms. The zero-order valence-electron chi connectivity index (χ0n) is 14.9. The molecule has 1 saturated heterocycles. The Hall–Kier alpha value is -2.18. The van der Waals surface area contributed by atoms with Crippen LogP contribution in [0.5, 0.6) is 5.75 Å². The van der Waals surface area contributed by atoms with E-state index in [2.05, 4.69) is 27.7 Å². The van der Waals surface area contributed by atoms with Crippen molar-refractivity contribution in [2.24, 2.45) is 0 Å². The predicted octanol–water partition coefficient (Wildman–Crippen LogP) is 3.96. The van der Waals surface area contributed by atoms with Crippen molar-refractivity contribution < 1.29 is 9.13 Å². The molecule has 1 heterocycles. The quantitative estimate of drug-likeness (QED) is 0.750. The maximum Gasteiger partial charge on any atom is 0.170 e. The maximum absolute atomic E-state index is 13.0. The van der Waals surface area contributed by atoms with E-state index in [9.17, 15) is 4.39 Å². The fourth-order valence-electron chi connectivity index (χ4n) is 3.23. The van der Waals surface area contributed by atoms with E-state index < -0.39 is 0 Å². The van der Waals surface area contributed by atoms with Crippen LogP contribution in [0.2, 0.25) is 0 Å². The number of thiocarbonyl (C=S) groups is 1. The van der Waals surface area contributed by atoms with E-state index in [1.807, 2.05) is 12.1 Å².